The zero-order valence-corrected chi connectivity index (χ0v) is 13.3. The van der Waals surface area contributed by atoms with Crippen molar-refractivity contribution in [3.05, 3.63) is 70.6 Å². The summed E-state index contributed by atoms with van der Waals surface area (Å²) in [7, 11) is 0. The van der Waals surface area contributed by atoms with Crippen LogP contribution in [0.15, 0.2) is 60.1 Å². The van der Waals surface area contributed by atoms with Crippen LogP contribution in [0.25, 0.3) is 11.3 Å². The largest absolute Gasteiger partial charge is 0.264 e. The number of nitrogens with zero attached hydrogens (tertiary/aromatic N) is 4. The van der Waals surface area contributed by atoms with E-state index in [0.717, 1.165) is 16.8 Å². The van der Waals surface area contributed by atoms with Gasteiger partial charge in [-0.3, -0.25) is 4.98 Å². The Morgan fingerprint density at radius 1 is 1.09 bits per heavy atom. The van der Waals surface area contributed by atoms with Crippen LogP contribution >= 0.6 is 23.2 Å². The smallest absolute Gasteiger partial charge is 0.244 e. The van der Waals surface area contributed by atoms with Crippen molar-refractivity contribution in [3.8, 4) is 11.3 Å². The van der Waals surface area contributed by atoms with Crippen molar-refractivity contribution in [1.29, 1.82) is 0 Å². The lowest BCUT2D eigenvalue weighted by molar-refractivity contribution is 1.12. The summed E-state index contributed by atoms with van der Waals surface area (Å²) in [5, 5.41) is 5.19. The van der Waals surface area contributed by atoms with Crippen LogP contribution in [-0.2, 0) is 0 Å². The summed E-state index contributed by atoms with van der Waals surface area (Å²) in [4.78, 5) is 12.6. The van der Waals surface area contributed by atoms with Crippen molar-refractivity contribution in [3.63, 3.8) is 0 Å². The molecule has 23 heavy (non-hydrogen) atoms. The summed E-state index contributed by atoms with van der Waals surface area (Å²) in [6, 6.07) is 10.8. The predicted octanol–water partition coefficient (Wildman–Crippen LogP) is 4.29. The molecular weight excluding hydrogens is 333 g/mol. The third kappa shape index (κ3) is 4.03. The predicted molar refractivity (Wildman–Crippen MR) is 92.9 cm³/mol. The molecule has 0 spiro atoms. The summed E-state index contributed by atoms with van der Waals surface area (Å²) >= 11 is 11.9. The van der Waals surface area contributed by atoms with Crippen molar-refractivity contribution in [2.75, 3.05) is 5.43 Å². The maximum atomic E-state index is 6.07. The second-order valence-corrected chi connectivity index (χ2v) is 5.39. The molecule has 0 atom stereocenters. The number of halogens is 2. The van der Waals surface area contributed by atoms with Crippen molar-refractivity contribution >= 4 is 35.4 Å². The van der Waals surface area contributed by atoms with E-state index in [9.17, 15) is 0 Å². The van der Waals surface area contributed by atoms with Crippen molar-refractivity contribution in [1.82, 2.24) is 15.0 Å². The third-order valence-corrected chi connectivity index (χ3v) is 3.51. The van der Waals surface area contributed by atoms with Crippen LogP contribution in [0.3, 0.4) is 0 Å². The molecule has 0 aliphatic heterocycles. The highest BCUT2D eigenvalue weighted by atomic mass is 35.5. The first-order valence-electron chi connectivity index (χ1n) is 6.70. The van der Waals surface area contributed by atoms with Gasteiger partial charge in [0.25, 0.3) is 0 Å². The van der Waals surface area contributed by atoms with Gasteiger partial charge < -0.3 is 0 Å². The maximum absolute atomic E-state index is 6.07. The molecule has 0 unspecified atom stereocenters. The Morgan fingerprint density at radius 2 is 2.00 bits per heavy atom. The van der Waals surface area contributed by atoms with Gasteiger partial charge in [-0.1, -0.05) is 29.3 Å². The molecule has 114 valence electrons. The summed E-state index contributed by atoms with van der Waals surface area (Å²) in [5.41, 5.74) is 5.19. The number of anilines is 1. The summed E-state index contributed by atoms with van der Waals surface area (Å²) in [6.45, 7) is 0. The van der Waals surface area contributed by atoms with Crippen molar-refractivity contribution in [2.45, 2.75) is 0 Å². The molecule has 7 heteroatoms. The van der Waals surface area contributed by atoms with Crippen LogP contribution in [0, 0.1) is 0 Å². The summed E-state index contributed by atoms with van der Waals surface area (Å²) < 4.78 is 0. The number of rotatable bonds is 4. The zero-order valence-electron chi connectivity index (χ0n) is 11.8. The molecule has 1 N–H and O–H groups in total. The standard InChI is InChI=1S/C16H11Cl2N5/c17-13-4-3-11(14(18)8-13)10-21-23-16-20-7-5-15(22-16)12-2-1-6-19-9-12/h1-10H,(H,20,22,23)/b21-10+. The lowest BCUT2D eigenvalue weighted by Gasteiger charge is -2.03. The first-order valence-corrected chi connectivity index (χ1v) is 7.45. The highest BCUT2D eigenvalue weighted by Gasteiger charge is 2.02. The number of hydrazone groups is 1. The fourth-order valence-corrected chi connectivity index (χ4v) is 2.31. The van der Waals surface area contributed by atoms with Crippen LogP contribution in [0.5, 0.6) is 0 Å². The fourth-order valence-electron chi connectivity index (χ4n) is 1.85. The molecule has 2 heterocycles. The minimum Gasteiger partial charge on any atom is -0.264 e. The minimum atomic E-state index is 0.382. The molecule has 0 aliphatic rings. The maximum Gasteiger partial charge on any atom is 0.244 e. The van der Waals surface area contributed by atoms with Crippen LogP contribution in [0.4, 0.5) is 5.95 Å². The van der Waals surface area contributed by atoms with Crippen LogP contribution < -0.4 is 5.43 Å². The van der Waals surface area contributed by atoms with E-state index in [4.69, 9.17) is 23.2 Å². The zero-order chi connectivity index (χ0) is 16.1. The average Bonchev–Trinajstić information content (AvgIpc) is 2.58. The molecule has 5 nitrogen and oxygen atoms in total. The number of aromatic nitrogens is 3. The highest BCUT2D eigenvalue weighted by Crippen LogP contribution is 2.19. The number of hydrogen-bond donors (Lipinski definition) is 1. The quantitative estimate of drug-likeness (QED) is 0.566. The molecule has 0 amide bonds. The van der Waals surface area contributed by atoms with Crippen LogP contribution in [0.1, 0.15) is 5.56 Å². The molecule has 0 saturated carbocycles. The fraction of sp³-hybridized carbons (Fsp3) is 0. The van der Waals surface area contributed by atoms with E-state index in [1.54, 1.807) is 43.0 Å². The number of benzene rings is 1. The van der Waals surface area contributed by atoms with Gasteiger partial charge in [0.05, 0.1) is 16.9 Å². The number of nitrogens with one attached hydrogen (secondary N) is 1. The van der Waals surface area contributed by atoms with Gasteiger partial charge in [0.15, 0.2) is 0 Å². The van der Waals surface area contributed by atoms with Gasteiger partial charge >= 0.3 is 0 Å². The van der Waals surface area contributed by atoms with E-state index >= 15 is 0 Å². The number of pyridine rings is 1. The Labute approximate surface area is 143 Å². The molecule has 0 aliphatic carbocycles. The molecule has 3 aromatic rings. The van der Waals surface area contributed by atoms with E-state index in [0.29, 0.717) is 16.0 Å². The minimum absolute atomic E-state index is 0.382. The first kappa shape index (κ1) is 15.4. The van der Waals surface area contributed by atoms with Crippen molar-refractivity contribution < 1.29 is 0 Å². The Bertz CT molecular complexity index is 837. The average molecular weight is 344 g/mol. The van der Waals surface area contributed by atoms with E-state index < -0.39 is 0 Å². The Morgan fingerprint density at radius 3 is 2.78 bits per heavy atom. The molecule has 0 saturated heterocycles. The highest BCUT2D eigenvalue weighted by molar-refractivity contribution is 6.36. The number of hydrogen-bond acceptors (Lipinski definition) is 5. The van der Waals surface area contributed by atoms with Gasteiger partial charge in [0, 0.05) is 34.7 Å². The first-order chi connectivity index (χ1) is 11.2. The van der Waals surface area contributed by atoms with E-state index in [1.807, 2.05) is 18.2 Å². The molecule has 2 aromatic heterocycles. The molecule has 3 rings (SSSR count). The van der Waals surface area contributed by atoms with Gasteiger partial charge in [0.1, 0.15) is 0 Å². The van der Waals surface area contributed by atoms with Crippen molar-refractivity contribution in [2.24, 2.45) is 5.10 Å². The van der Waals surface area contributed by atoms with Gasteiger partial charge in [-0.25, -0.2) is 15.4 Å². The molecular formula is C16H11Cl2N5. The Kier molecular flexibility index (Phi) is 4.80. The van der Waals surface area contributed by atoms with E-state index in [2.05, 4.69) is 25.5 Å². The lowest BCUT2D eigenvalue weighted by atomic mass is 10.2. The monoisotopic (exact) mass is 343 g/mol. The third-order valence-electron chi connectivity index (χ3n) is 2.94. The summed E-state index contributed by atoms with van der Waals surface area (Å²) in [6.07, 6.45) is 6.69. The second kappa shape index (κ2) is 7.17. The SMILES string of the molecule is Clc1ccc(/C=N/Nc2nccc(-c3cccnc3)n2)c(Cl)c1. The van der Waals surface area contributed by atoms with Crippen LogP contribution in [0.2, 0.25) is 10.0 Å². The summed E-state index contributed by atoms with van der Waals surface area (Å²) in [5.74, 6) is 0.382. The molecule has 0 fully saturated rings. The Balaban J connectivity index is 1.75. The van der Waals surface area contributed by atoms with E-state index in [1.165, 1.54) is 0 Å². The second-order valence-electron chi connectivity index (χ2n) is 4.54. The van der Waals surface area contributed by atoms with Gasteiger partial charge in [-0.05, 0) is 30.3 Å². The lowest BCUT2D eigenvalue weighted by Crippen LogP contribution is -1.98. The van der Waals surface area contributed by atoms with Gasteiger partial charge in [-0.15, -0.1) is 0 Å². The molecule has 0 bridgehead atoms. The molecule has 1 aromatic carbocycles. The normalized spacial score (nSPS) is 10.9. The Hall–Kier alpha value is -2.50. The van der Waals surface area contributed by atoms with Crippen LogP contribution in [-0.4, -0.2) is 21.2 Å². The van der Waals surface area contributed by atoms with Gasteiger partial charge in [-0.2, -0.15) is 5.10 Å². The molecule has 0 radical (unpaired) electrons. The van der Waals surface area contributed by atoms with Gasteiger partial charge in [0.2, 0.25) is 5.95 Å². The van der Waals surface area contributed by atoms with E-state index in [-0.39, 0.29) is 0 Å². The topological polar surface area (TPSA) is 63.1 Å².